The normalized spacial score (nSPS) is 10.3. The van der Waals surface area contributed by atoms with Crippen molar-refractivity contribution in [3.8, 4) is 0 Å². The first kappa shape index (κ1) is 10.5. The van der Waals surface area contributed by atoms with Gasteiger partial charge >= 0.3 is 0 Å². The van der Waals surface area contributed by atoms with Crippen molar-refractivity contribution in [2.45, 2.75) is 19.8 Å². The highest BCUT2D eigenvalue weighted by Crippen LogP contribution is 2.15. The van der Waals surface area contributed by atoms with E-state index in [0.717, 1.165) is 31.1 Å². The monoisotopic (exact) mass is 200 g/mol. The van der Waals surface area contributed by atoms with Crippen LogP contribution in [0.25, 0.3) is 0 Å². The van der Waals surface area contributed by atoms with Crippen LogP contribution in [-0.2, 0) is 11.2 Å². The van der Waals surface area contributed by atoms with Crippen LogP contribution in [0.3, 0.4) is 0 Å². The topological polar surface area (TPSA) is 34.1 Å². The molecule has 0 aromatic carbocycles. The summed E-state index contributed by atoms with van der Waals surface area (Å²) < 4.78 is 4.95. The van der Waals surface area contributed by atoms with Crippen molar-refractivity contribution < 1.29 is 4.74 Å². The molecule has 0 saturated heterocycles. The molecule has 0 aliphatic rings. The largest absolute Gasteiger partial charge is 0.385 e. The predicted molar refractivity (Wildman–Crippen MR) is 56.5 cm³/mol. The first-order valence-corrected chi connectivity index (χ1v) is 5.42. The van der Waals surface area contributed by atoms with E-state index < -0.39 is 0 Å². The molecule has 13 heavy (non-hydrogen) atoms. The summed E-state index contributed by atoms with van der Waals surface area (Å²) in [5.74, 6) is 0. The summed E-state index contributed by atoms with van der Waals surface area (Å²) in [5.41, 5.74) is 1.17. The van der Waals surface area contributed by atoms with Crippen LogP contribution < -0.4 is 5.32 Å². The smallest absolute Gasteiger partial charge is 0.182 e. The number of rotatable bonds is 6. The van der Waals surface area contributed by atoms with Crippen molar-refractivity contribution in [3.63, 3.8) is 0 Å². The summed E-state index contributed by atoms with van der Waals surface area (Å²) in [5, 5.41) is 6.38. The van der Waals surface area contributed by atoms with Gasteiger partial charge in [0.25, 0.3) is 0 Å². The Balaban J connectivity index is 2.20. The lowest BCUT2D eigenvalue weighted by molar-refractivity contribution is 0.198. The highest BCUT2D eigenvalue weighted by molar-refractivity contribution is 7.13. The third-order valence-electron chi connectivity index (χ3n) is 1.72. The average Bonchev–Trinajstić information content (AvgIpc) is 2.60. The Bertz CT molecular complexity index is 237. The third kappa shape index (κ3) is 3.74. The number of aryl methyl sites for hydroxylation is 1. The fourth-order valence-electron chi connectivity index (χ4n) is 0.962. The molecule has 1 aromatic heterocycles. The first-order valence-electron chi connectivity index (χ1n) is 4.54. The summed E-state index contributed by atoms with van der Waals surface area (Å²) in [6, 6.07) is 0. The van der Waals surface area contributed by atoms with Crippen LogP contribution in [0.15, 0.2) is 5.38 Å². The average molecular weight is 200 g/mol. The van der Waals surface area contributed by atoms with E-state index >= 15 is 0 Å². The van der Waals surface area contributed by atoms with Crippen LogP contribution in [0.5, 0.6) is 0 Å². The van der Waals surface area contributed by atoms with E-state index in [1.165, 1.54) is 5.69 Å². The molecule has 0 aliphatic carbocycles. The molecule has 74 valence electrons. The molecule has 0 saturated carbocycles. The van der Waals surface area contributed by atoms with E-state index in [-0.39, 0.29) is 0 Å². The number of hydrogen-bond acceptors (Lipinski definition) is 4. The predicted octanol–water partition coefficient (Wildman–Crippen LogP) is 2.15. The Morgan fingerprint density at radius 1 is 1.62 bits per heavy atom. The molecule has 3 nitrogen and oxygen atoms in total. The number of anilines is 1. The van der Waals surface area contributed by atoms with E-state index in [1.807, 2.05) is 0 Å². The van der Waals surface area contributed by atoms with Crippen LogP contribution >= 0.6 is 11.3 Å². The van der Waals surface area contributed by atoms with Gasteiger partial charge in [-0.1, -0.05) is 6.92 Å². The van der Waals surface area contributed by atoms with Gasteiger partial charge in [-0.05, 0) is 12.8 Å². The van der Waals surface area contributed by atoms with Crippen LogP contribution in [0.4, 0.5) is 5.13 Å². The molecular weight excluding hydrogens is 184 g/mol. The van der Waals surface area contributed by atoms with Gasteiger partial charge in [0.05, 0.1) is 5.69 Å². The van der Waals surface area contributed by atoms with E-state index in [2.05, 4.69) is 22.6 Å². The molecule has 1 rings (SSSR count). The standard InChI is InChI=1S/C9H16N2OS/c1-3-8-7-13-9(11-8)10-5-4-6-12-2/h7H,3-6H2,1-2H3,(H,10,11). The maximum atomic E-state index is 4.95. The minimum atomic E-state index is 0.805. The minimum Gasteiger partial charge on any atom is -0.385 e. The highest BCUT2D eigenvalue weighted by Gasteiger charge is 1.97. The zero-order valence-corrected chi connectivity index (χ0v) is 8.99. The molecule has 0 atom stereocenters. The highest BCUT2D eigenvalue weighted by atomic mass is 32.1. The summed E-state index contributed by atoms with van der Waals surface area (Å²) >= 11 is 1.67. The summed E-state index contributed by atoms with van der Waals surface area (Å²) in [4.78, 5) is 4.39. The Labute approximate surface area is 83.1 Å². The Kier molecular flexibility index (Phi) is 4.78. The van der Waals surface area contributed by atoms with E-state index in [9.17, 15) is 0 Å². The first-order chi connectivity index (χ1) is 6.36. The second kappa shape index (κ2) is 5.94. The lowest BCUT2D eigenvalue weighted by Gasteiger charge is -2.00. The van der Waals surface area contributed by atoms with Gasteiger partial charge in [0.2, 0.25) is 0 Å². The SMILES string of the molecule is CCc1csc(NCCCOC)n1. The number of nitrogens with one attached hydrogen (secondary N) is 1. The van der Waals surface area contributed by atoms with Crippen LogP contribution in [0.1, 0.15) is 19.0 Å². The van der Waals surface area contributed by atoms with Crippen molar-refractivity contribution in [1.82, 2.24) is 4.98 Å². The third-order valence-corrected chi connectivity index (χ3v) is 2.56. The molecule has 0 spiro atoms. The number of methoxy groups -OCH3 is 1. The maximum Gasteiger partial charge on any atom is 0.182 e. The number of thiazole rings is 1. The van der Waals surface area contributed by atoms with Gasteiger partial charge in [0, 0.05) is 25.6 Å². The molecule has 4 heteroatoms. The van der Waals surface area contributed by atoms with Gasteiger partial charge in [-0.3, -0.25) is 0 Å². The number of hydrogen-bond donors (Lipinski definition) is 1. The van der Waals surface area contributed by atoms with Gasteiger partial charge in [-0.15, -0.1) is 11.3 Å². The fourth-order valence-corrected chi connectivity index (χ4v) is 1.78. The van der Waals surface area contributed by atoms with Gasteiger partial charge in [-0.2, -0.15) is 0 Å². The Hall–Kier alpha value is -0.610. The molecule has 1 N–H and O–H groups in total. The molecule has 1 aromatic rings. The van der Waals surface area contributed by atoms with Gasteiger partial charge in [0.15, 0.2) is 5.13 Å². The Morgan fingerprint density at radius 3 is 3.08 bits per heavy atom. The summed E-state index contributed by atoms with van der Waals surface area (Å²) in [7, 11) is 1.72. The lowest BCUT2D eigenvalue weighted by atomic mass is 10.4. The minimum absolute atomic E-state index is 0.805. The molecule has 0 fully saturated rings. The molecule has 0 bridgehead atoms. The van der Waals surface area contributed by atoms with Crippen molar-refractivity contribution in [2.24, 2.45) is 0 Å². The second-order valence-electron chi connectivity index (χ2n) is 2.77. The fraction of sp³-hybridized carbons (Fsp3) is 0.667. The quantitative estimate of drug-likeness (QED) is 0.714. The van der Waals surface area contributed by atoms with Gasteiger partial charge in [0.1, 0.15) is 0 Å². The molecular formula is C9H16N2OS. The van der Waals surface area contributed by atoms with Crippen LogP contribution in [0.2, 0.25) is 0 Å². The molecule has 0 aliphatic heterocycles. The zero-order chi connectivity index (χ0) is 9.52. The summed E-state index contributed by atoms with van der Waals surface area (Å²) in [6.45, 7) is 3.85. The van der Waals surface area contributed by atoms with E-state index in [0.29, 0.717) is 0 Å². The second-order valence-corrected chi connectivity index (χ2v) is 3.63. The van der Waals surface area contributed by atoms with E-state index in [4.69, 9.17) is 4.74 Å². The summed E-state index contributed by atoms with van der Waals surface area (Å²) in [6.07, 6.45) is 2.04. The van der Waals surface area contributed by atoms with Crippen molar-refractivity contribution in [1.29, 1.82) is 0 Å². The van der Waals surface area contributed by atoms with Crippen molar-refractivity contribution in [2.75, 3.05) is 25.6 Å². The molecule has 0 unspecified atom stereocenters. The van der Waals surface area contributed by atoms with Crippen LogP contribution in [0, 0.1) is 0 Å². The number of nitrogens with zero attached hydrogens (tertiary/aromatic N) is 1. The maximum absolute atomic E-state index is 4.95. The van der Waals surface area contributed by atoms with Gasteiger partial charge < -0.3 is 10.1 Å². The zero-order valence-electron chi connectivity index (χ0n) is 8.17. The van der Waals surface area contributed by atoms with Crippen molar-refractivity contribution in [3.05, 3.63) is 11.1 Å². The lowest BCUT2D eigenvalue weighted by Crippen LogP contribution is -2.04. The molecule has 1 heterocycles. The number of aromatic nitrogens is 1. The molecule has 0 amide bonds. The van der Waals surface area contributed by atoms with Crippen LogP contribution in [-0.4, -0.2) is 25.2 Å². The number of ether oxygens (including phenoxy) is 1. The molecule has 0 radical (unpaired) electrons. The Morgan fingerprint density at radius 2 is 2.46 bits per heavy atom. The van der Waals surface area contributed by atoms with Gasteiger partial charge in [-0.25, -0.2) is 4.98 Å². The van der Waals surface area contributed by atoms with Crippen molar-refractivity contribution >= 4 is 16.5 Å². The van der Waals surface area contributed by atoms with E-state index in [1.54, 1.807) is 18.4 Å².